The first-order chi connectivity index (χ1) is 17.4. The molecule has 0 spiro atoms. The van der Waals surface area contributed by atoms with Gasteiger partial charge in [0.1, 0.15) is 5.75 Å². The van der Waals surface area contributed by atoms with E-state index in [2.05, 4.69) is 15.5 Å². The number of nitrogens with zero attached hydrogens (tertiary/aromatic N) is 3. The largest absolute Gasteiger partial charge is 0.494 e. The Kier molecular flexibility index (Phi) is 8.32. The summed E-state index contributed by atoms with van der Waals surface area (Å²) in [6.07, 6.45) is 0.630. The van der Waals surface area contributed by atoms with Crippen LogP contribution in [0.1, 0.15) is 49.0 Å². The van der Waals surface area contributed by atoms with Gasteiger partial charge in [-0.2, -0.15) is 4.98 Å². The number of carbonyl (C=O) groups is 2. The van der Waals surface area contributed by atoms with E-state index in [1.807, 2.05) is 62.1 Å². The van der Waals surface area contributed by atoms with Crippen LogP contribution in [0.4, 0.5) is 0 Å². The summed E-state index contributed by atoms with van der Waals surface area (Å²) in [6.45, 7) is 8.03. The maximum Gasteiger partial charge on any atom is 0.254 e. The van der Waals surface area contributed by atoms with E-state index >= 15 is 0 Å². The van der Waals surface area contributed by atoms with Crippen LogP contribution in [0, 0.1) is 0 Å². The molecule has 2 atom stereocenters. The normalized spacial score (nSPS) is 17.6. The molecule has 1 aliphatic rings. The average molecular weight is 493 g/mol. The zero-order chi connectivity index (χ0) is 25.5. The number of ether oxygens (including phenoxy) is 2. The van der Waals surface area contributed by atoms with Crippen LogP contribution in [0.25, 0.3) is 11.4 Å². The lowest BCUT2D eigenvalue weighted by molar-refractivity contribution is -0.121. The van der Waals surface area contributed by atoms with Gasteiger partial charge in [-0.3, -0.25) is 9.59 Å². The van der Waals surface area contributed by atoms with E-state index in [0.29, 0.717) is 49.9 Å². The van der Waals surface area contributed by atoms with Gasteiger partial charge in [0, 0.05) is 43.6 Å². The van der Waals surface area contributed by atoms with Crippen molar-refractivity contribution >= 4 is 11.8 Å². The fraction of sp³-hybridized carbons (Fsp3) is 0.407. The highest BCUT2D eigenvalue weighted by Gasteiger charge is 2.26. The van der Waals surface area contributed by atoms with E-state index in [1.165, 1.54) is 0 Å². The molecule has 1 fully saturated rings. The van der Waals surface area contributed by atoms with Crippen LogP contribution in [-0.4, -0.2) is 58.8 Å². The molecule has 1 N–H and O–H groups in total. The second kappa shape index (κ2) is 11.8. The lowest BCUT2D eigenvalue weighted by Crippen LogP contribution is -2.48. The van der Waals surface area contributed by atoms with Crippen molar-refractivity contribution in [3.8, 4) is 17.1 Å². The minimum atomic E-state index is -0.118. The minimum Gasteiger partial charge on any atom is -0.494 e. The molecule has 2 heterocycles. The van der Waals surface area contributed by atoms with Gasteiger partial charge < -0.3 is 24.2 Å². The second-order valence-corrected chi connectivity index (χ2v) is 8.91. The highest BCUT2D eigenvalue weighted by Crippen LogP contribution is 2.20. The molecule has 0 radical (unpaired) electrons. The molecule has 9 nitrogen and oxygen atoms in total. The number of aromatic nitrogens is 2. The zero-order valence-electron chi connectivity index (χ0n) is 20.9. The van der Waals surface area contributed by atoms with Crippen molar-refractivity contribution in [2.24, 2.45) is 0 Å². The van der Waals surface area contributed by atoms with Gasteiger partial charge in [0.2, 0.25) is 17.6 Å². The van der Waals surface area contributed by atoms with E-state index in [9.17, 15) is 9.59 Å². The molecule has 4 rings (SSSR count). The lowest BCUT2D eigenvalue weighted by atomic mass is 10.1. The molecular formula is C27H32N4O5. The first-order valence-corrected chi connectivity index (χ1v) is 12.3. The highest BCUT2D eigenvalue weighted by atomic mass is 16.5. The number of aryl methyl sites for hydroxylation is 1. The summed E-state index contributed by atoms with van der Waals surface area (Å²) in [5.41, 5.74) is 2.36. The maximum absolute atomic E-state index is 12.8. The molecule has 2 aromatic carbocycles. The van der Waals surface area contributed by atoms with Gasteiger partial charge in [0.25, 0.3) is 5.91 Å². The zero-order valence-corrected chi connectivity index (χ0v) is 20.9. The first-order valence-electron chi connectivity index (χ1n) is 12.3. The summed E-state index contributed by atoms with van der Waals surface area (Å²) in [5, 5.41) is 6.90. The van der Waals surface area contributed by atoms with E-state index < -0.39 is 0 Å². The van der Waals surface area contributed by atoms with Crippen molar-refractivity contribution in [1.29, 1.82) is 0 Å². The molecular weight excluding hydrogens is 460 g/mol. The van der Waals surface area contributed by atoms with Crippen molar-refractivity contribution in [3.63, 3.8) is 0 Å². The van der Waals surface area contributed by atoms with Crippen LogP contribution in [0.2, 0.25) is 0 Å². The predicted octanol–water partition coefficient (Wildman–Crippen LogP) is 3.63. The van der Waals surface area contributed by atoms with Gasteiger partial charge in [0.05, 0.1) is 18.8 Å². The Morgan fingerprint density at radius 3 is 2.42 bits per heavy atom. The molecule has 1 aliphatic heterocycles. The highest BCUT2D eigenvalue weighted by molar-refractivity contribution is 5.94. The molecule has 1 saturated heterocycles. The summed E-state index contributed by atoms with van der Waals surface area (Å²) in [4.78, 5) is 31.3. The molecule has 190 valence electrons. The number of amides is 2. The Morgan fingerprint density at radius 2 is 1.75 bits per heavy atom. The van der Waals surface area contributed by atoms with Crippen LogP contribution in [0.5, 0.6) is 5.75 Å². The number of hydrogen-bond donors (Lipinski definition) is 1. The topological polar surface area (TPSA) is 107 Å². The summed E-state index contributed by atoms with van der Waals surface area (Å²) >= 11 is 0. The van der Waals surface area contributed by atoms with Gasteiger partial charge >= 0.3 is 0 Å². The summed E-state index contributed by atoms with van der Waals surface area (Å²) in [7, 11) is 0. The summed E-state index contributed by atoms with van der Waals surface area (Å²) < 4.78 is 16.4. The molecule has 3 aromatic rings. The van der Waals surface area contributed by atoms with Gasteiger partial charge in [-0.25, -0.2) is 0 Å². The van der Waals surface area contributed by atoms with Crippen LogP contribution >= 0.6 is 0 Å². The van der Waals surface area contributed by atoms with E-state index in [4.69, 9.17) is 14.0 Å². The van der Waals surface area contributed by atoms with E-state index in [0.717, 1.165) is 16.9 Å². The quantitative estimate of drug-likeness (QED) is 0.486. The Hall–Kier alpha value is -3.72. The molecule has 9 heteroatoms. The number of benzene rings is 2. The summed E-state index contributed by atoms with van der Waals surface area (Å²) in [6, 6.07) is 14.8. The van der Waals surface area contributed by atoms with Crippen LogP contribution in [0.15, 0.2) is 53.1 Å². The Balaban J connectivity index is 1.22. The Morgan fingerprint density at radius 1 is 1.06 bits per heavy atom. The first kappa shape index (κ1) is 25.4. The van der Waals surface area contributed by atoms with Gasteiger partial charge in [0.15, 0.2) is 0 Å². The third kappa shape index (κ3) is 6.69. The van der Waals surface area contributed by atoms with Crippen LogP contribution < -0.4 is 10.1 Å². The van der Waals surface area contributed by atoms with Crippen LogP contribution in [0.3, 0.4) is 0 Å². The SMILES string of the molecule is CCOc1ccc(-c2noc(CCC(=O)NCc3ccc(C(=O)N4CC(C)OC(C)C4)cc3)n2)cc1. The number of nitrogens with one attached hydrogen (secondary N) is 1. The monoisotopic (exact) mass is 492 g/mol. The third-order valence-electron chi connectivity index (χ3n) is 5.85. The molecule has 2 amide bonds. The third-order valence-corrected chi connectivity index (χ3v) is 5.85. The van der Waals surface area contributed by atoms with Crippen molar-refractivity contribution < 1.29 is 23.6 Å². The minimum absolute atomic E-state index is 0.00301. The second-order valence-electron chi connectivity index (χ2n) is 8.91. The number of morpholine rings is 1. The average Bonchev–Trinajstić information content (AvgIpc) is 3.35. The standard InChI is InChI=1S/C27H32N4O5/c1-4-34-23-11-9-21(10-12-23)26-29-25(36-30-26)14-13-24(32)28-15-20-5-7-22(8-6-20)27(33)31-16-18(2)35-19(3)17-31/h5-12,18-19H,4,13-17H2,1-3H3,(H,28,32). The van der Waals surface area contributed by atoms with Crippen LogP contribution in [-0.2, 0) is 22.5 Å². The van der Waals surface area contributed by atoms with Crippen molar-refractivity contribution in [2.75, 3.05) is 19.7 Å². The maximum atomic E-state index is 12.8. The lowest BCUT2D eigenvalue weighted by Gasteiger charge is -2.35. The molecule has 2 unspecified atom stereocenters. The van der Waals surface area contributed by atoms with Crippen molar-refractivity contribution in [2.45, 2.75) is 52.4 Å². The van der Waals surface area contributed by atoms with E-state index in [-0.39, 0.29) is 30.4 Å². The van der Waals surface area contributed by atoms with Gasteiger partial charge in [-0.1, -0.05) is 17.3 Å². The van der Waals surface area contributed by atoms with Gasteiger partial charge in [-0.15, -0.1) is 0 Å². The number of carbonyl (C=O) groups excluding carboxylic acids is 2. The van der Waals surface area contributed by atoms with E-state index in [1.54, 1.807) is 12.1 Å². The molecule has 1 aromatic heterocycles. The molecule has 0 bridgehead atoms. The van der Waals surface area contributed by atoms with Crippen molar-refractivity contribution in [1.82, 2.24) is 20.4 Å². The fourth-order valence-electron chi connectivity index (χ4n) is 4.14. The Bertz CT molecular complexity index is 1150. The molecule has 0 saturated carbocycles. The molecule has 36 heavy (non-hydrogen) atoms. The smallest absolute Gasteiger partial charge is 0.254 e. The Labute approximate surface area is 210 Å². The fourth-order valence-corrected chi connectivity index (χ4v) is 4.14. The number of hydrogen-bond acceptors (Lipinski definition) is 7. The summed E-state index contributed by atoms with van der Waals surface area (Å²) in [5.74, 6) is 1.54. The van der Waals surface area contributed by atoms with Gasteiger partial charge in [-0.05, 0) is 62.7 Å². The predicted molar refractivity (Wildman–Crippen MR) is 133 cm³/mol. The number of rotatable bonds is 9. The molecule has 0 aliphatic carbocycles. The van der Waals surface area contributed by atoms with Crippen molar-refractivity contribution in [3.05, 3.63) is 65.5 Å².